The minimum absolute atomic E-state index is 0.0352. The molecule has 40 heavy (non-hydrogen) atoms. The second kappa shape index (κ2) is 11.6. The molecule has 0 aromatic carbocycles. The number of amides is 1. The predicted octanol–water partition coefficient (Wildman–Crippen LogP) is 6.53. The van der Waals surface area contributed by atoms with E-state index in [1.165, 1.54) is 11.8 Å². The van der Waals surface area contributed by atoms with E-state index in [4.69, 9.17) is 32.9 Å². The minimum atomic E-state index is -0.602. The van der Waals surface area contributed by atoms with Crippen molar-refractivity contribution < 1.29 is 14.3 Å². The maximum absolute atomic E-state index is 12.9. The Morgan fingerprint density at radius 2 is 1.90 bits per heavy atom. The van der Waals surface area contributed by atoms with E-state index >= 15 is 0 Å². The largest absolute Gasteiger partial charge is 0.444 e. The molecule has 1 saturated heterocycles. The number of carbonyl (C=O) groups excluding carboxylic acids is 2. The van der Waals surface area contributed by atoms with Crippen molar-refractivity contribution in [1.29, 1.82) is 0 Å². The van der Waals surface area contributed by atoms with Crippen molar-refractivity contribution in [2.24, 2.45) is 4.99 Å². The molecule has 0 radical (unpaired) electrons. The molecule has 2 aliphatic heterocycles. The number of aliphatic imine (C=N–C) groups is 1. The van der Waals surface area contributed by atoms with Gasteiger partial charge in [-0.3, -0.25) is 9.88 Å². The minimum Gasteiger partial charge on any atom is -0.444 e. The summed E-state index contributed by atoms with van der Waals surface area (Å²) in [7, 11) is 0. The Balaban J connectivity index is 1.84. The molecule has 2 atom stereocenters. The van der Waals surface area contributed by atoms with Crippen LogP contribution in [0.2, 0.25) is 10.2 Å². The first-order valence-corrected chi connectivity index (χ1v) is 15.0. The van der Waals surface area contributed by atoms with Crippen molar-refractivity contribution in [1.82, 2.24) is 19.8 Å². The Morgan fingerprint density at radius 3 is 2.50 bits per heavy atom. The van der Waals surface area contributed by atoms with Gasteiger partial charge >= 0.3 is 6.09 Å². The van der Waals surface area contributed by atoms with Crippen LogP contribution in [-0.2, 0) is 9.53 Å². The molecule has 9 nitrogen and oxygen atoms in total. The molecule has 2 aromatic heterocycles. The van der Waals surface area contributed by atoms with E-state index in [0.29, 0.717) is 36.0 Å². The Kier molecular flexibility index (Phi) is 8.76. The first kappa shape index (κ1) is 30.2. The van der Waals surface area contributed by atoms with Crippen molar-refractivity contribution in [3.8, 4) is 0 Å². The van der Waals surface area contributed by atoms with Crippen LogP contribution in [0.15, 0.2) is 34.0 Å². The zero-order chi connectivity index (χ0) is 29.5. The van der Waals surface area contributed by atoms with Crippen LogP contribution in [-0.4, -0.2) is 74.7 Å². The fourth-order valence-electron chi connectivity index (χ4n) is 4.86. The van der Waals surface area contributed by atoms with Gasteiger partial charge in [-0.25, -0.2) is 19.6 Å². The number of carbonyl (C=O) groups is 1. The highest BCUT2D eigenvalue weighted by atomic mass is 35.5. The molecule has 0 N–H and O–H groups in total. The number of hydrogen-bond acceptors (Lipinski definition) is 9. The number of nitrogens with zero attached hydrogens (tertiary/aromatic N) is 6. The lowest BCUT2D eigenvalue weighted by Gasteiger charge is -2.46. The van der Waals surface area contributed by atoms with E-state index in [2.05, 4.69) is 14.9 Å². The Morgan fingerprint density at radius 1 is 1.20 bits per heavy atom. The van der Waals surface area contributed by atoms with Crippen LogP contribution >= 0.6 is 35.0 Å². The van der Waals surface area contributed by atoms with E-state index in [9.17, 15) is 9.59 Å². The summed E-state index contributed by atoms with van der Waals surface area (Å²) in [6.07, 6.45) is 3.35. The molecule has 1 amide bonds. The number of amidine groups is 1. The molecule has 12 heteroatoms. The van der Waals surface area contributed by atoms with Gasteiger partial charge in [0, 0.05) is 36.3 Å². The summed E-state index contributed by atoms with van der Waals surface area (Å²) in [6.45, 7) is 14.4. The van der Waals surface area contributed by atoms with Crippen molar-refractivity contribution in [3.63, 3.8) is 0 Å². The summed E-state index contributed by atoms with van der Waals surface area (Å²) in [4.78, 5) is 45.9. The summed E-state index contributed by atoms with van der Waals surface area (Å²) in [5.41, 5.74) is 1.50. The number of anilines is 2. The molecule has 0 saturated carbocycles. The summed E-state index contributed by atoms with van der Waals surface area (Å²) >= 11 is 14.5. The highest BCUT2D eigenvalue weighted by molar-refractivity contribution is 7.98. The predicted molar refractivity (Wildman–Crippen MR) is 161 cm³/mol. The third-order valence-electron chi connectivity index (χ3n) is 6.67. The number of fused-ring (bicyclic) bond motifs is 1. The quantitative estimate of drug-likeness (QED) is 0.222. The summed E-state index contributed by atoms with van der Waals surface area (Å²) < 4.78 is 5.64. The summed E-state index contributed by atoms with van der Waals surface area (Å²) in [6, 6.07) is 3.27. The van der Waals surface area contributed by atoms with E-state index in [0.717, 1.165) is 10.6 Å². The fourth-order valence-corrected chi connectivity index (χ4v) is 5.73. The molecule has 1 fully saturated rings. The van der Waals surface area contributed by atoms with Crippen molar-refractivity contribution in [2.75, 3.05) is 24.2 Å². The number of pyridine rings is 2. The lowest BCUT2D eigenvalue weighted by atomic mass is 10.0. The van der Waals surface area contributed by atoms with Crippen LogP contribution in [0.1, 0.15) is 65.6 Å². The Bertz CT molecular complexity index is 1400. The molecule has 0 bridgehead atoms. The monoisotopic (exact) mass is 604 g/mol. The molecule has 2 aliphatic rings. The lowest BCUT2D eigenvalue weighted by Crippen LogP contribution is -2.60. The van der Waals surface area contributed by atoms with Gasteiger partial charge in [0.15, 0.2) is 11.8 Å². The van der Waals surface area contributed by atoms with Crippen molar-refractivity contribution in [3.05, 3.63) is 45.6 Å². The van der Waals surface area contributed by atoms with Crippen LogP contribution in [0.5, 0.6) is 0 Å². The average molecular weight is 606 g/mol. The van der Waals surface area contributed by atoms with Crippen molar-refractivity contribution >= 4 is 64.3 Å². The molecule has 2 aromatic rings. The van der Waals surface area contributed by atoms with E-state index in [-0.39, 0.29) is 40.1 Å². The summed E-state index contributed by atoms with van der Waals surface area (Å²) in [5.74, 6) is 3.05. The second-order valence-electron chi connectivity index (χ2n) is 11.2. The average Bonchev–Trinajstić information content (AvgIpc) is 2.88. The van der Waals surface area contributed by atoms with E-state index in [1.807, 2.05) is 66.7 Å². The third kappa shape index (κ3) is 5.81. The number of aromatic nitrogens is 2. The molecule has 4 heterocycles. The standard InChI is InChI=1S/C28H34Cl2N6O3S/c1-15(2)22-23(20(40-8)9-10-31-22)36-21(14-37)32-25(18-11-19(29)24(30)33-26(18)36)34-12-17(4)35(13-16(34)3)27(38)39-28(5,6)7/h9-11,15-17H,12-13H2,1-8H3/t16-,17+/m0/s1. The Hall–Kier alpha value is -2.78. The fraction of sp³-hybridized carbons (Fsp3) is 0.500. The van der Waals surface area contributed by atoms with E-state index in [1.54, 1.807) is 22.1 Å². The van der Waals surface area contributed by atoms with Crippen LogP contribution < -0.4 is 4.90 Å². The molecular weight excluding hydrogens is 571 g/mol. The first-order chi connectivity index (χ1) is 18.8. The normalized spacial score (nSPS) is 19.4. The molecule has 0 unspecified atom stereocenters. The molecule has 0 spiro atoms. The summed E-state index contributed by atoms with van der Waals surface area (Å²) in [5, 5.41) is 0.369. The van der Waals surface area contributed by atoms with Gasteiger partial charge in [0.1, 0.15) is 16.6 Å². The first-order valence-electron chi connectivity index (χ1n) is 13.1. The van der Waals surface area contributed by atoms with Gasteiger partial charge < -0.3 is 14.5 Å². The second-order valence-corrected chi connectivity index (χ2v) is 12.8. The maximum atomic E-state index is 12.9. The van der Waals surface area contributed by atoms with Gasteiger partial charge in [-0.15, -0.1) is 11.8 Å². The van der Waals surface area contributed by atoms with Crippen LogP contribution in [0, 0.1) is 0 Å². The van der Waals surface area contributed by atoms with Gasteiger partial charge in [-0.1, -0.05) is 37.0 Å². The maximum Gasteiger partial charge on any atom is 0.410 e. The smallest absolute Gasteiger partial charge is 0.410 e. The van der Waals surface area contributed by atoms with E-state index < -0.39 is 5.60 Å². The van der Waals surface area contributed by atoms with Gasteiger partial charge in [0.2, 0.25) is 5.82 Å². The number of rotatable bonds is 3. The molecule has 4 rings (SSSR count). The molecule has 0 aliphatic carbocycles. The highest BCUT2D eigenvalue weighted by Crippen LogP contribution is 2.45. The topological polar surface area (TPSA) is 91.2 Å². The third-order valence-corrected chi connectivity index (χ3v) is 8.11. The Labute approximate surface area is 249 Å². The zero-order valence-electron chi connectivity index (χ0n) is 24.0. The van der Waals surface area contributed by atoms with Crippen LogP contribution in [0.4, 0.5) is 16.3 Å². The zero-order valence-corrected chi connectivity index (χ0v) is 26.3. The number of hydrogen-bond donors (Lipinski definition) is 0. The van der Waals surface area contributed by atoms with Crippen LogP contribution in [0.25, 0.3) is 0 Å². The van der Waals surface area contributed by atoms with Crippen LogP contribution in [0.3, 0.4) is 0 Å². The van der Waals surface area contributed by atoms with Gasteiger partial charge in [0.05, 0.1) is 22.0 Å². The number of thioether (sulfide) groups is 1. The SMILES string of the molecule is CSc1ccnc(C(C)C)c1N1C(=C=O)N=C(N2C[C@@H](C)N(C(=O)OC(C)(C)C)C[C@@H]2C)c2cc(Cl)c(Cl)nc21. The number of ether oxygens (including phenoxy) is 1. The van der Waals surface area contributed by atoms with Gasteiger partial charge in [-0.05, 0) is 58.9 Å². The van der Waals surface area contributed by atoms with Gasteiger partial charge in [-0.2, -0.15) is 0 Å². The van der Waals surface area contributed by atoms with Gasteiger partial charge in [0.25, 0.3) is 0 Å². The number of halogens is 2. The van der Waals surface area contributed by atoms with Crippen molar-refractivity contribution in [2.45, 2.75) is 77.0 Å². The molecule has 214 valence electrons. The molecular formula is C28H34Cl2N6O3S. The number of piperazine rings is 1. The highest BCUT2D eigenvalue weighted by Gasteiger charge is 2.40. The lowest BCUT2D eigenvalue weighted by molar-refractivity contribution is 0.000485.